The van der Waals surface area contributed by atoms with Crippen molar-refractivity contribution < 1.29 is 38.3 Å². The van der Waals surface area contributed by atoms with E-state index >= 15 is 0 Å². The number of aliphatic carboxylic acids is 1. The van der Waals surface area contributed by atoms with E-state index in [9.17, 15) is 33.2 Å². The molecule has 0 bridgehead atoms. The minimum Gasteiger partial charge on any atom is -0.481 e. The summed E-state index contributed by atoms with van der Waals surface area (Å²) in [5, 5.41) is 14.0. The van der Waals surface area contributed by atoms with E-state index in [0.717, 1.165) is 21.1 Å². The third-order valence-electron chi connectivity index (χ3n) is 5.21. The van der Waals surface area contributed by atoms with Gasteiger partial charge in [0.15, 0.2) is 0 Å². The Morgan fingerprint density at radius 1 is 1.21 bits per heavy atom. The number of urea groups is 1. The second-order valence-electron chi connectivity index (χ2n) is 7.47. The Labute approximate surface area is 187 Å². The molecule has 2 heterocycles. The van der Waals surface area contributed by atoms with Crippen LogP contribution >= 0.6 is 0 Å². The number of halogens is 1. The third kappa shape index (κ3) is 5.25. The first-order chi connectivity index (χ1) is 15.7. The molecule has 2 fully saturated rings. The van der Waals surface area contributed by atoms with Gasteiger partial charge in [-0.3, -0.25) is 24.6 Å². The van der Waals surface area contributed by atoms with Crippen molar-refractivity contribution in [2.45, 2.75) is 37.8 Å². The number of hydrazine groups is 2. The average molecular weight is 463 g/mol. The highest BCUT2D eigenvalue weighted by molar-refractivity contribution is 5.97. The quantitative estimate of drug-likeness (QED) is 0.467. The van der Waals surface area contributed by atoms with Crippen LogP contribution < -0.4 is 10.7 Å². The molecule has 0 aromatic heterocycles. The molecule has 5 amide bonds. The monoisotopic (exact) mass is 463 g/mol. The number of rotatable bonds is 7. The van der Waals surface area contributed by atoms with Gasteiger partial charge in [0.1, 0.15) is 18.1 Å². The van der Waals surface area contributed by atoms with Crippen LogP contribution in [0.25, 0.3) is 0 Å². The van der Waals surface area contributed by atoms with Crippen molar-refractivity contribution in [3.63, 3.8) is 0 Å². The minimum absolute atomic E-state index is 0.134. The van der Waals surface area contributed by atoms with Gasteiger partial charge >= 0.3 is 12.0 Å². The number of amides is 5. The van der Waals surface area contributed by atoms with E-state index in [2.05, 4.69) is 10.7 Å². The number of hydrogen-bond donors (Lipinski definition) is 3. The molecule has 13 heteroatoms. The van der Waals surface area contributed by atoms with Crippen molar-refractivity contribution in [2.24, 2.45) is 0 Å². The Morgan fingerprint density at radius 2 is 1.94 bits per heavy atom. The van der Waals surface area contributed by atoms with Gasteiger partial charge in [-0.25, -0.2) is 24.2 Å². The number of carbonyl (C=O) groups excluding carboxylic acids is 5. The lowest BCUT2D eigenvalue weighted by Gasteiger charge is -2.42. The molecule has 1 aromatic rings. The molecule has 1 aromatic carbocycles. The number of aldehydes is 1. The van der Waals surface area contributed by atoms with Gasteiger partial charge in [0.05, 0.1) is 24.6 Å². The first kappa shape index (κ1) is 23.6. The van der Waals surface area contributed by atoms with Gasteiger partial charge in [-0.1, -0.05) is 12.1 Å². The lowest BCUT2D eigenvalue weighted by molar-refractivity contribution is -0.155. The smallest absolute Gasteiger partial charge is 0.358 e. The fourth-order valence-electron chi connectivity index (χ4n) is 3.64. The SMILES string of the molecule is O=C[C@H](CC(=O)O)NC(=O)[C@@H]1CCCN2C(=O)CCN(NC(=O)c3ccccc3F)C(=O)N12. The summed E-state index contributed by atoms with van der Waals surface area (Å²) in [7, 11) is 0. The molecule has 0 saturated carbocycles. The van der Waals surface area contributed by atoms with Crippen LogP contribution in [0.3, 0.4) is 0 Å². The summed E-state index contributed by atoms with van der Waals surface area (Å²) in [4.78, 5) is 73.2. The second-order valence-corrected chi connectivity index (χ2v) is 7.47. The van der Waals surface area contributed by atoms with Crippen LogP contribution in [0, 0.1) is 5.82 Å². The van der Waals surface area contributed by atoms with Gasteiger partial charge in [0, 0.05) is 13.0 Å². The Balaban J connectivity index is 1.82. The summed E-state index contributed by atoms with van der Waals surface area (Å²) in [5.41, 5.74) is 1.96. The number of carbonyl (C=O) groups is 6. The Bertz CT molecular complexity index is 987. The molecule has 2 aliphatic heterocycles. The number of nitrogens with one attached hydrogen (secondary N) is 2. The van der Waals surface area contributed by atoms with E-state index in [4.69, 9.17) is 5.11 Å². The molecular formula is C20H22FN5O7. The van der Waals surface area contributed by atoms with Crippen molar-refractivity contribution in [1.82, 2.24) is 25.8 Å². The summed E-state index contributed by atoms with van der Waals surface area (Å²) in [5.74, 6) is -4.31. The first-order valence-corrected chi connectivity index (χ1v) is 10.2. The number of fused-ring (bicyclic) bond motifs is 1. The normalized spacial score (nSPS) is 19.3. The van der Waals surface area contributed by atoms with Gasteiger partial charge in [-0.2, -0.15) is 0 Å². The number of carboxylic acids is 1. The first-order valence-electron chi connectivity index (χ1n) is 10.2. The van der Waals surface area contributed by atoms with Gasteiger partial charge in [-0.05, 0) is 25.0 Å². The molecule has 0 radical (unpaired) electrons. The summed E-state index contributed by atoms with van der Waals surface area (Å²) in [6.45, 7) is -0.0646. The van der Waals surface area contributed by atoms with E-state index in [1.165, 1.54) is 18.2 Å². The molecule has 33 heavy (non-hydrogen) atoms. The summed E-state index contributed by atoms with van der Waals surface area (Å²) in [6, 6.07) is 1.70. The molecule has 12 nitrogen and oxygen atoms in total. The molecule has 2 saturated heterocycles. The van der Waals surface area contributed by atoms with Crippen LogP contribution in [0.1, 0.15) is 36.0 Å². The van der Waals surface area contributed by atoms with Crippen molar-refractivity contribution in [3.8, 4) is 0 Å². The second kappa shape index (κ2) is 10.1. The zero-order chi connectivity index (χ0) is 24.1. The van der Waals surface area contributed by atoms with E-state index in [1.807, 2.05) is 0 Å². The Hall–Kier alpha value is -4.03. The lowest BCUT2D eigenvalue weighted by atomic mass is 10.1. The van der Waals surface area contributed by atoms with Crippen LogP contribution in [0.2, 0.25) is 0 Å². The molecule has 0 aliphatic carbocycles. The maximum Gasteiger partial charge on any atom is 0.358 e. The van der Waals surface area contributed by atoms with Crippen LogP contribution in [-0.4, -0.2) is 81.3 Å². The van der Waals surface area contributed by atoms with Crippen LogP contribution in [-0.2, 0) is 19.2 Å². The molecule has 2 atom stereocenters. The zero-order valence-corrected chi connectivity index (χ0v) is 17.4. The highest BCUT2D eigenvalue weighted by Gasteiger charge is 2.44. The van der Waals surface area contributed by atoms with E-state index in [-0.39, 0.29) is 37.8 Å². The Morgan fingerprint density at radius 3 is 2.61 bits per heavy atom. The summed E-state index contributed by atoms with van der Waals surface area (Å²) < 4.78 is 14.0. The van der Waals surface area contributed by atoms with Gasteiger partial charge in [0.2, 0.25) is 11.8 Å². The van der Waals surface area contributed by atoms with E-state index in [0.29, 0.717) is 6.42 Å². The predicted octanol–water partition coefficient (Wildman–Crippen LogP) is -0.337. The van der Waals surface area contributed by atoms with Crippen molar-refractivity contribution in [1.29, 1.82) is 0 Å². The van der Waals surface area contributed by atoms with Crippen molar-refractivity contribution in [2.75, 3.05) is 13.1 Å². The number of hydrogen-bond acceptors (Lipinski definition) is 6. The maximum atomic E-state index is 14.0. The molecule has 2 aliphatic rings. The Kier molecular flexibility index (Phi) is 7.20. The zero-order valence-electron chi connectivity index (χ0n) is 17.4. The molecule has 3 rings (SSSR count). The maximum absolute atomic E-state index is 14.0. The number of carboxylic acid groups (broad SMARTS) is 1. The largest absolute Gasteiger partial charge is 0.481 e. The van der Waals surface area contributed by atoms with Gasteiger partial charge in [-0.15, -0.1) is 0 Å². The van der Waals surface area contributed by atoms with E-state index in [1.54, 1.807) is 0 Å². The minimum atomic E-state index is -1.32. The lowest BCUT2D eigenvalue weighted by Crippen LogP contribution is -2.64. The van der Waals surface area contributed by atoms with Crippen molar-refractivity contribution >= 4 is 36.0 Å². The van der Waals surface area contributed by atoms with Crippen LogP contribution in [0.4, 0.5) is 9.18 Å². The highest BCUT2D eigenvalue weighted by Crippen LogP contribution is 2.24. The fourth-order valence-corrected chi connectivity index (χ4v) is 3.64. The third-order valence-corrected chi connectivity index (χ3v) is 5.21. The van der Waals surface area contributed by atoms with Crippen LogP contribution in [0.5, 0.6) is 0 Å². The van der Waals surface area contributed by atoms with Gasteiger partial charge < -0.3 is 15.2 Å². The standard InChI is InChI=1S/C20H22FN5O7/c21-14-5-2-1-4-13(14)18(31)23-24-9-7-16(28)25-8-3-6-15(26(25)20(24)33)19(32)22-12(11-27)10-17(29)30/h1-2,4-5,11-12,15H,3,6-10H2,(H,22,32)(H,23,31)(H,29,30)/t12-,15-/m0/s1. The van der Waals surface area contributed by atoms with Crippen molar-refractivity contribution in [3.05, 3.63) is 35.6 Å². The van der Waals surface area contributed by atoms with Gasteiger partial charge in [0.25, 0.3) is 5.91 Å². The molecule has 0 unspecified atom stereocenters. The summed E-state index contributed by atoms with van der Waals surface area (Å²) in [6.07, 6.45) is -0.0363. The number of benzene rings is 1. The predicted molar refractivity (Wildman–Crippen MR) is 107 cm³/mol. The number of nitrogens with zero attached hydrogens (tertiary/aromatic N) is 3. The fraction of sp³-hybridized carbons (Fsp3) is 0.400. The molecule has 3 N–H and O–H groups in total. The van der Waals surface area contributed by atoms with Crippen LogP contribution in [0.15, 0.2) is 24.3 Å². The molecular weight excluding hydrogens is 441 g/mol. The molecule has 176 valence electrons. The van der Waals surface area contributed by atoms with E-state index < -0.39 is 54.0 Å². The molecule has 0 spiro atoms. The topological polar surface area (TPSA) is 156 Å². The average Bonchev–Trinajstić information content (AvgIpc) is 2.90. The summed E-state index contributed by atoms with van der Waals surface area (Å²) >= 11 is 0. The highest BCUT2D eigenvalue weighted by atomic mass is 19.1.